The van der Waals surface area contributed by atoms with Crippen molar-refractivity contribution < 1.29 is 4.79 Å². The van der Waals surface area contributed by atoms with Gasteiger partial charge in [0, 0.05) is 12.1 Å². The van der Waals surface area contributed by atoms with Gasteiger partial charge in [-0.3, -0.25) is 4.79 Å². The van der Waals surface area contributed by atoms with Gasteiger partial charge in [0.05, 0.1) is 0 Å². The number of benzene rings is 1. The van der Waals surface area contributed by atoms with Crippen molar-refractivity contribution in [3.63, 3.8) is 0 Å². The lowest BCUT2D eigenvalue weighted by Gasteiger charge is -2.16. The van der Waals surface area contributed by atoms with Crippen LogP contribution < -0.4 is 10.6 Å². The number of amides is 1. The Morgan fingerprint density at radius 1 is 1.15 bits per heavy atom. The first-order valence-electron chi connectivity index (χ1n) is 7.33. The fourth-order valence-electron chi connectivity index (χ4n) is 2.07. The Kier molecular flexibility index (Phi) is 7.23. The monoisotopic (exact) mass is 292 g/mol. The molecule has 2 N–H and O–H groups in total. The van der Waals surface area contributed by atoms with E-state index in [0.29, 0.717) is 11.5 Å². The van der Waals surface area contributed by atoms with Crippen LogP contribution in [0.25, 0.3) is 0 Å². The van der Waals surface area contributed by atoms with E-state index < -0.39 is 0 Å². The molecule has 0 bridgehead atoms. The average Bonchev–Trinajstić information content (AvgIpc) is 2.45. The predicted octanol–water partition coefficient (Wildman–Crippen LogP) is 3.81. The van der Waals surface area contributed by atoms with Crippen LogP contribution in [0.2, 0.25) is 0 Å². The Labute approximate surface area is 127 Å². The molecule has 0 aliphatic rings. The molecular formula is C16H24N2OS. The molecule has 1 amide bonds. The Morgan fingerprint density at radius 3 is 2.25 bits per heavy atom. The molecule has 0 unspecified atom stereocenters. The first kappa shape index (κ1) is 16.6. The van der Waals surface area contributed by atoms with Gasteiger partial charge in [-0.05, 0) is 42.6 Å². The molecule has 0 saturated carbocycles. The number of anilines is 1. The van der Waals surface area contributed by atoms with Crippen molar-refractivity contribution in [1.82, 2.24) is 5.32 Å². The van der Waals surface area contributed by atoms with E-state index in [0.717, 1.165) is 31.4 Å². The molecule has 0 saturated heterocycles. The number of hydrogen-bond donors (Lipinski definition) is 2. The smallest absolute Gasteiger partial charge is 0.226 e. The minimum Gasteiger partial charge on any atom is -0.332 e. The van der Waals surface area contributed by atoms with Gasteiger partial charge in [-0.15, -0.1) is 0 Å². The fourth-order valence-corrected chi connectivity index (χ4v) is 2.29. The van der Waals surface area contributed by atoms with E-state index in [9.17, 15) is 4.79 Å². The van der Waals surface area contributed by atoms with Crippen LogP contribution in [-0.2, 0) is 17.6 Å². The highest BCUT2D eigenvalue weighted by Gasteiger charge is 2.09. The summed E-state index contributed by atoms with van der Waals surface area (Å²) in [6.07, 6.45) is 4.28. The molecule has 0 fully saturated rings. The number of unbranched alkanes of at least 4 members (excludes halogenated alkanes) is 1. The molecule has 0 aliphatic heterocycles. The number of carbonyl (C=O) groups excluding carboxylic acids is 1. The maximum atomic E-state index is 11.7. The minimum absolute atomic E-state index is 0.0172. The highest BCUT2D eigenvalue weighted by molar-refractivity contribution is 7.80. The number of rotatable bonds is 6. The average molecular weight is 292 g/mol. The molecule has 0 radical (unpaired) electrons. The van der Waals surface area contributed by atoms with E-state index in [4.69, 9.17) is 12.2 Å². The Hall–Kier alpha value is -1.42. The molecule has 0 atom stereocenters. The van der Waals surface area contributed by atoms with Crippen LogP contribution in [0.4, 0.5) is 5.69 Å². The molecule has 0 aromatic heterocycles. The van der Waals surface area contributed by atoms with Crippen molar-refractivity contribution in [3.05, 3.63) is 29.3 Å². The summed E-state index contributed by atoms with van der Waals surface area (Å²) >= 11 is 5.23. The summed E-state index contributed by atoms with van der Waals surface area (Å²) in [6, 6.07) is 6.23. The van der Waals surface area contributed by atoms with Gasteiger partial charge in [-0.1, -0.05) is 45.4 Å². The van der Waals surface area contributed by atoms with Crippen molar-refractivity contribution in [3.8, 4) is 0 Å². The fraction of sp³-hybridized carbons (Fsp3) is 0.500. The highest BCUT2D eigenvalue weighted by Crippen LogP contribution is 2.22. The van der Waals surface area contributed by atoms with Gasteiger partial charge in [0.15, 0.2) is 5.11 Å². The van der Waals surface area contributed by atoms with Gasteiger partial charge in [0.25, 0.3) is 0 Å². The third-order valence-corrected chi connectivity index (χ3v) is 3.45. The van der Waals surface area contributed by atoms with Gasteiger partial charge in [-0.25, -0.2) is 0 Å². The maximum absolute atomic E-state index is 11.7. The summed E-state index contributed by atoms with van der Waals surface area (Å²) in [5.41, 5.74) is 3.47. The van der Waals surface area contributed by atoms with Crippen LogP contribution in [0.3, 0.4) is 0 Å². The molecular weight excluding hydrogens is 268 g/mol. The van der Waals surface area contributed by atoms with Gasteiger partial charge in [0.2, 0.25) is 5.91 Å². The van der Waals surface area contributed by atoms with E-state index in [2.05, 4.69) is 49.6 Å². The number of hydrogen-bond acceptors (Lipinski definition) is 2. The second-order valence-electron chi connectivity index (χ2n) is 4.76. The zero-order valence-electron chi connectivity index (χ0n) is 12.6. The van der Waals surface area contributed by atoms with Crippen molar-refractivity contribution in [2.75, 3.05) is 5.32 Å². The second kappa shape index (κ2) is 8.69. The topological polar surface area (TPSA) is 41.1 Å². The van der Waals surface area contributed by atoms with Gasteiger partial charge in [-0.2, -0.15) is 0 Å². The number of para-hydroxylation sites is 1. The van der Waals surface area contributed by atoms with Crippen molar-refractivity contribution >= 4 is 28.9 Å². The molecule has 1 aromatic carbocycles. The summed E-state index contributed by atoms with van der Waals surface area (Å²) in [6.45, 7) is 6.29. The number of carbonyl (C=O) groups is 1. The van der Waals surface area contributed by atoms with Crippen LogP contribution in [0.5, 0.6) is 0 Å². The lowest BCUT2D eigenvalue weighted by Crippen LogP contribution is -2.34. The van der Waals surface area contributed by atoms with Crippen LogP contribution in [0.1, 0.15) is 51.2 Å². The zero-order valence-corrected chi connectivity index (χ0v) is 13.4. The van der Waals surface area contributed by atoms with E-state index in [1.165, 1.54) is 11.1 Å². The molecule has 0 aliphatic carbocycles. The third kappa shape index (κ3) is 4.93. The normalized spacial score (nSPS) is 10.2. The van der Waals surface area contributed by atoms with Crippen molar-refractivity contribution in [2.24, 2.45) is 0 Å². The molecule has 1 rings (SSSR count). The van der Waals surface area contributed by atoms with E-state index in [1.807, 2.05) is 0 Å². The lowest BCUT2D eigenvalue weighted by molar-refractivity contribution is -0.119. The van der Waals surface area contributed by atoms with Gasteiger partial charge >= 0.3 is 0 Å². The van der Waals surface area contributed by atoms with Crippen LogP contribution in [0, 0.1) is 0 Å². The third-order valence-electron chi connectivity index (χ3n) is 3.25. The molecule has 20 heavy (non-hydrogen) atoms. The largest absolute Gasteiger partial charge is 0.332 e. The second-order valence-corrected chi connectivity index (χ2v) is 5.17. The summed E-state index contributed by atoms with van der Waals surface area (Å²) in [5, 5.41) is 6.33. The van der Waals surface area contributed by atoms with Crippen molar-refractivity contribution in [1.29, 1.82) is 0 Å². The Bertz CT molecular complexity index is 449. The number of aryl methyl sites for hydroxylation is 2. The van der Waals surface area contributed by atoms with E-state index in [1.54, 1.807) is 0 Å². The standard InChI is InChI=1S/C16H24N2OS/c1-4-7-11-14(19)17-16(20)18-15-12(5-2)9-8-10-13(15)6-3/h8-10H,4-7,11H2,1-3H3,(H2,17,18,19,20). The van der Waals surface area contributed by atoms with E-state index in [-0.39, 0.29) is 5.91 Å². The van der Waals surface area contributed by atoms with Gasteiger partial charge < -0.3 is 10.6 Å². The van der Waals surface area contributed by atoms with Crippen LogP contribution in [0.15, 0.2) is 18.2 Å². The summed E-state index contributed by atoms with van der Waals surface area (Å²) < 4.78 is 0. The SMILES string of the molecule is CCCCC(=O)NC(=S)Nc1c(CC)cccc1CC. The van der Waals surface area contributed by atoms with Gasteiger partial charge in [0.1, 0.15) is 0 Å². The van der Waals surface area contributed by atoms with E-state index >= 15 is 0 Å². The Balaban J connectivity index is 2.72. The number of nitrogens with one attached hydrogen (secondary N) is 2. The quantitative estimate of drug-likeness (QED) is 0.783. The highest BCUT2D eigenvalue weighted by atomic mass is 32.1. The molecule has 110 valence electrons. The lowest BCUT2D eigenvalue weighted by atomic mass is 10.0. The Morgan fingerprint density at radius 2 is 1.75 bits per heavy atom. The zero-order chi connectivity index (χ0) is 15.0. The molecule has 0 heterocycles. The molecule has 0 spiro atoms. The molecule has 3 nitrogen and oxygen atoms in total. The summed E-state index contributed by atoms with van der Waals surface area (Å²) in [4.78, 5) is 11.7. The summed E-state index contributed by atoms with van der Waals surface area (Å²) in [7, 11) is 0. The maximum Gasteiger partial charge on any atom is 0.226 e. The van der Waals surface area contributed by atoms with Crippen LogP contribution >= 0.6 is 12.2 Å². The summed E-state index contributed by atoms with van der Waals surface area (Å²) in [5.74, 6) is -0.0172. The molecule has 4 heteroatoms. The van der Waals surface area contributed by atoms with Crippen molar-refractivity contribution in [2.45, 2.75) is 52.9 Å². The molecule has 1 aromatic rings. The minimum atomic E-state index is -0.0172. The first-order chi connectivity index (χ1) is 9.62. The predicted molar refractivity (Wildman–Crippen MR) is 89.1 cm³/mol. The number of thiocarbonyl (C=S) groups is 1. The van der Waals surface area contributed by atoms with Crippen LogP contribution in [-0.4, -0.2) is 11.0 Å². The first-order valence-corrected chi connectivity index (χ1v) is 7.74.